The van der Waals surface area contributed by atoms with Gasteiger partial charge in [0.15, 0.2) is 0 Å². The smallest absolute Gasteiger partial charge is 0.242 e. The van der Waals surface area contributed by atoms with Crippen molar-refractivity contribution in [1.29, 1.82) is 0 Å². The molecule has 0 spiro atoms. The molecule has 156 valence electrons. The molecule has 29 heavy (non-hydrogen) atoms. The van der Waals surface area contributed by atoms with Crippen LogP contribution < -0.4 is 5.32 Å². The van der Waals surface area contributed by atoms with Gasteiger partial charge in [0.25, 0.3) is 0 Å². The van der Waals surface area contributed by atoms with Gasteiger partial charge in [-0.25, -0.2) is 4.39 Å². The van der Waals surface area contributed by atoms with Crippen molar-refractivity contribution < 1.29 is 14.0 Å². The lowest BCUT2D eigenvalue weighted by Crippen LogP contribution is -2.48. The van der Waals surface area contributed by atoms with Gasteiger partial charge in [0.05, 0.1) is 5.75 Å². The van der Waals surface area contributed by atoms with Crippen LogP contribution in [-0.2, 0) is 21.9 Å². The Labute approximate surface area is 180 Å². The molecule has 0 bridgehead atoms. The molecule has 2 aromatic rings. The van der Waals surface area contributed by atoms with Crippen LogP contribution in [0, 0.1) is 5.82 Å². The molecule has 0 heterocycles. The first-order valence-corrected chi connectivity index (χ1v) is 11.1. The first-order valence-electron chi connectivity index (χ1n) is 9.55. The number of nitrogens with one attached hydrogen (secondary N) is 1. The fourth-order valence-corrected chi connectivity index (χ4v) is 3.83. The second kappa shape index (κ2) is 11.8. The number of rotatable bonds is 10. The van der Waals surface area contributed by atoms with Gasteiger partial charge in [-0.15, -0.1) is 11.8 Å². The van der Waals surface area contributed by atoms with Crippen LogP contribution >= 0.6 is 23.4 Å². The second-order valence-electron chi connectivity index (χ2n) is 6.66. The van der Waals surface area contributed by atoms with E-state index in [1.54, 1.807) is 31.2 Å². The van der Waals surface area contributed by atoms with Crippen LogP contribution in [-0.4, -0.2) is 35.1 Å². The highest BCUT2D eigenvalue weighted by molar-refractivity contribution is 7.99. The van der Waals surface area contributed by atoms with Gasteiger partial charge in [-0.05, 0) is 36.6 Å². The number of benzene rings is 2. The molecule has 4 nitrogen and oxygen atoms in total. The molecule has 1 N–H and O–H groups in total. The summed E-state index contributed by atoms with van der Waals surface area (Å²) in [6.07, 6.45) is 0.815. The van der Waals surface area contributed by atoms with Crippen molar-refractivity contribution in [3.63, 3.8) is 0 Å². The van der Waals surface area contributed by atoms with Crippen LogP contribution in [0.15, 0.2) is 48.5 Å². The molecule has 0 aromatic heterocycles. The van der Waals surface area contributed by atoms with Crippen molar-refractivity contribution in [2.75, 3.05) is 12.3 Å². The third-order valence-corrected chi connectivity index (χ3v) is 5.79. The Balaban J connectivity index is 2.08. The molecule has 1 unspecified atom stereocenters. The summed E-state index contributed by atoms with van der Waals surface area (Å²) in [5.41, 5.74) is 1.33. The average Bonchev–Trinajstić information content (AvgIpc) is 2.72. The number of hydrogen-bond acceptors (Lipinski definition) is 3. The Bertz CT molecular complexity index is 834. The average molecular weight is 437 g/mol. The lowest BCUT2D eigenvalue weighted by molar-refractivity contribution is -0.138. The van der Waals surface area contributed by atoms with E-state index in [0.29, 0.717) is 22.9 Å². The van der Waals surface area contributed by atoms with Crippen molar-refractivity contribution in [3.8, 4) is 0 Å². The van der Waals surface area contributed by atoms with Crippen molar-refractivity contribution in [2.45, 2.75) is 38.6 Å². The van der Waals surface area contributed by atoms with Gasteiger partial charge in [0.1, 0.15) is 11.9 Å². The number of amides is 2. The van der Waals surface area contributed by atoms with Crippen LogP contribution in [0.3, 0.4) is 0 Å². The zero-order chi connectivity index (χ0) is 21.2. The number of hydrogen-bond donors (Lipinski definition) is 1. The molecule has 0 aliphatic rings. The maximum Gasteiger partial charge on any atom is 0.242 e. The van der Waals surface area contributed by atoms with E-state index in [1.165, 1.54) is 22.7 Å². The van der Waals surface area contributed by atoms with Gasteiger partial charge >= 0.3 is 0 Å². The molecule has 0 saturated carbocycles. The van der Waals surface area contributed by atoms with Gasteiger partial charge in [-0.2, -0.15) is 0 Å². The fraction of sp³-hybridized carbons (Fsp3) is 0.364. The summed E-state index contributed by atoms with van der Waals surface area (Å²) in [5, 5.41) is 3.38. The van der Waals surface area contributed by atoms with Gasteiger partial charge in [0.2, 0.25) is 11.8 Å². The van der Waals surface area contributed by atoms with Gasteiger partial charge in [-0.1, -0.05) is 54.9 Å². The topological polar surface area (TPSA) is 49.4 Å². The zero-order valence-corrected chi connectivity index (χ0v) is 18.2. The summed E-state index contributed by atoms with van der Waals surface area (Å²) in [5.74, 6) is -0.150. The highest BCUT2D eigenvalue weighted by Gasteiger charge is 2.26. The lowest BCUT2D eigenvalue weighted by Gasteiger charge is -2.29. The summed E-state index contributed by atoms with van der Waals surface area (Å²) >= 11 is 7.58. The molecule has 0 aliphatic carbocycles. The molecule has 2 amide bonds. The third-order valence-electron chi connectivity index (χ3n) is 4.46. The molecule has 0 saturated heterocycles. The summed E-state index contributed by atoms with van der Waals surface area (Å²) in [6.45, 7) is 4.47. The van der Waals surface area contributed by atoms with E-state index in [-0.39, 0.29) is 29.9 Å². The minimum absolute atomic E-state index is 0.143. The predicted molar refractivity (Wildman–Crippen MR) is 117 cm³/mol. The molecule has 2 rings (SSSR count). The Morgan fingerprint density at radius 1 is 1.14 bits per heavy atom. The first-order chi connectivity index (χ1) is 13.9. The number of nitrogens with zero attached hydrogens (tertiary/aromatic N) is 1. The molecular weight excluding hydrogens is 411 g/mol. The van der Waals surface area contributed by atoms with Crippen LogP contribution in [0.5, 0.6) is 0 Å². The molecule has 1 atom stereocenters. The number of carbonyl (C=O) groups is 2. The number of thioether (sulfide) groups is 1. The fourth-order valence-electron chi connectivity index (χ4n) is 2.74. The van der Waals surface area contributed by atoms with E-state index in [9.17, 15) is 14.0 Å². The van der Waals surface area contributed by atoms with Crippen LogP contribution in [0.2, 0.25) is 5.02 Å². The van der Waals surface area contributed by atoms with Crippen LogP contribution in [0.1, 0.15) is 31.4 Å². The minimum Gasteiger partial charge on any atom is -0.354 e. The number of halogens is 2. The van der Waals surface area contributed by atoms with E-state index >= 15 is 0 Å². The standard InChI is InChI=1S/C22H26ClFN2O2S/c1-3-12-25-22(28)16(2)26(13-17-8-4-6-10-19(17)23)21(27)15-29-14-18-9-5-7-11-20(18)24/h4-11,16H,3,12-15H2,1-2H3,(H,25,28). The van der Waals surface area contributed by atoms with E-state index < -0.39 is 6.04 Å². The molecule has 0 fully saturated rings. The maximum atomic E-state index is 13.8. The largest absolute Gasteiger partial charge is 0.354 e. The Morgan fingerprint density at radius 3 is 2.45 bits per heavy atom. The highest BCUT2D eigenvalue weighted by atomic mass is 35.5. The van der Waals surface area contributed by atoms with E-state index in [4.69, 9.17) is 11.6 Å². The molecular formula is C22H26ClFN2O2S. The van der Waals surface area contributed by atoms with Crippen molar-refractivity contribution in [1.82, 2.24) is 10.2 Å². The van der Waals surface area contributed by atoms with Gasteiger partial charge in [0, 0.05) is 23.9 Å². The van der Waals surface area contributed by atoms with Crippen molar-refractivity contribution in [3.05, 3.63) is 70.5 Å². The normalized spacial score (nSPS) is 11.7. The van der Waals surface area contributed by atoms with E-state index in [1.807, 2.05) is 25.1 Å². The zero-order valence-electron chi connectivity index (χ0n) is 16.7. The van der Waals surface area contributed by atoms with E-state index in [0.717, 1.165) is 12.0 Å². The molecule has 7 heteroatoms. The summed E-state index contributed by atoms with van der Waals surface area (Å²) in [4.78, 5) is 26.9. The second-order valence-corrected chi connectivity index (χ2v) is 8.06. The Kier molecular flexibility index (Phi) is 9.48. The quantitative estimate of drug-likeness (QED) is 0.589. The Morgan fingerprint density at radius 2 is 1.79 bits per heavy atom. The van der Waals surface area contributed by atoms with Crippen LogP contribution in [0.4, 0.5) is 4.39 Å². The molecule has 2 aromatic carbocycles. The molecule has 0 aliphatic heterocycles. The highest BCUT2D eigenvalue weighted by Crippen LogP contribution is 2.21. The van der Waals surface area contributed by atoms with Crippen molar-refractivity contribution in [2.24, 2.45) is 0 Å². The third kappa shape index (κ3) is 7.05. The van der Waals surface area contributed by atoms with Gasteiger partial charge in [-0.3, -0.25) is 9.59 Å². The summed E-state index contributed by atoms with van der Waals surface area (Å²) < 4.78 is 13.8. The summed E-state index contributed by atoms with van der Waals surface area (Å²) in [6, 6.07) is 13.1. The summed E-state index contributed by atoms with van der Waals surface area (Å²) in [7, 11) is 0. The SMILES string of the molecule is CCCNC(=O)C(C)N(Cc1ccccc1Cl)C(=O)CSCc1ccccc1F. The van der Waals surface area contributed by atoms with E-state index in [2.05, 4.69) is 5.32 Å². The predicted octanol–water partition coefficient (Wildman–Crippen LogP) is 4.66. The lowest BCUT2D eigenvalue weighted by atomic mass is 10.1. The number of carbonyl (C=O) groups excluding carboxylic acids is 2. The van der Waals surface area contributed by atoms with Crippen LogP contribution in [0.25, 0.3) is 0 Å². The van der Waals surface area contributed by atoms with Gasteiger partial charge < -0.3 is 10.2 Å². The maximum absolute atomic E-state index is 13.8. The monoisotopic (exact) mass is 436 g/mol. The molecule has 0 radical (unpaired) electrons. The first kappa shape index (κ1) is 23.2. The van der Waals surface area contributed by atoms with Crippen molar-refractivity contribution >= 4 is 35.2 Å². The Hall–Kier alpha value is -2.05. The minimum atomic E-state index is -0.639.